The van der Waals surface area contributed by atoms with E-state index in [1.165, 1.54) is 10.9 Å². The van der Waals surface area contributed by atoms with Gasteiger partial charge in [-0.3, -0.25) is 29.0 Å². The minimum absolute atomic E-state index is 0.0345. The third kappa shape index (κ3) is 3.72. The summed E-state index contributed by atoms with van der Waals surface area (Å²) in [7, 11) is -4.56. The molecule has 1 amide bonds. The number of rotatable bonds is 4. The van der Waals surface area contributed by atoms with E-state index in [4.69, 9.17) is 9.29 Å². The van der Waals surface area contributed by atoms with Crippen molar-refractivity contribution < 1.29 is 22.5 Å². The van der Waals surface area contributed by atoms with E-state index in [1.54, 1.807) is 13.8 Å². The van der Waals surface area contributed by atoms with Crippen LogP contribution >= 0.6 is 0 Å². The number of carbonyl (C=O) groups excluding carboxylic acids is 1. The SMILES string of the molecule is CC(C)C(=O)Nc1nc2c(ncn2[C@H]2CCC(=NS(=O)(=O)O)O2)c(=O)[nH]1. The van der Waals surface area contributed by atoms with Gasteiger partial charge in [-0.25, -0.2) is 4.98 Å². The molecule has 0 spiro atoms. The van der Waals surface area contributed by atoms with Gasteiger partial charge in [-0.05, 0) is 0 Å². The lowest BCUT2D eigenvalue weighted by Gasteiger charge is -2.12. The molecule has 3 N–H and O–H groups in total. The summed E-state index contributed by atoms with van der Waals surface area (Å²) in [5, 5.41) is 2.50. The van der Waals surface area contributed by atoms with Crippen LogP contribution in [0, 0.1) is 5.92 Å². The molecule has 0 radical (unpaired) electrons. The molecule has 0 saturated carbocycles. The van der Waals surface area contributed by atoms with E-state index in [-0.39, 0.29) is 41.3 Å². The number of hydrogen-bond acceptors (Lipinski definition) is 7. The molecule has 2 aromatic rings. The Kier molecular flexibility index (Phi) is 4.50. The van der Waals surface area contributed by atoms with Crippen LogP contribution in [0.4, 0.5) is 5.95 Å². The average molecular weight is 384 g/mol. The van der Waals surface area contributed by atoms with Crippen molar-refractivity contribution in [3.63, 3.8) is 0 Å². The van der Waals surface area contributed by atoms with Crippen LogP contribution in [0.3, 0.4) is 0 Å². The lowest BCUT2D eigenvalue weighted by atomic mass is 10.2. The molecule has 12 nitrogen and oxygen atoms in total. The molecule has 0 aromatic carbocycles. The van der Waals surface area contributed by atoms with Crippen LogP contribution in [0.25, 0.3) is 11.2 Å². The average Bonchev–Trinajstić information content (AvgIpc) is 3.12. The number of hydrogen-bond donors (Lipinski definition) is 3. The molecule has 26 heavy (non-hydrogen) atoms. The second-order valence-corrected chi connectivity index (χ2v) is 7.00. The van der Waals surface area contributed by atoms with E-state index < -0.39 is 22.1 Å². The molecule has 1 aliphatic rings. The number of aromatic amines is 1. The van der Waals surface area contributed by atoms with Crippen LogP contribution in [0.5, 0.6) is 0 Å². The van der Waals surface area contributed by atoms with E-state index in [0.29, 0.717) is 6.42 Å². The van der Waals surface area contributed by atoms with Gasteiger partial charge in [0, 0.05) is 18.8 Å². The van der Waals surface area contributed by atoms with Crippen LogP contribution in [-0.2, 0) is 19.8 Å². The summed E-state index contributed by atoms with van der Waals surface area (Å²) < 4.78 is 40.3. The number of ether oxygens (including phenoxy) is 1. The molecule has 0 aliphatic carbocycles. The Labute approximate surface area is 147 Å². The van der Waals surface area contributed by atoms with Gasteiger partial charge < -0.3 is 4.74 Å². The molecule has 1 fully saturated rings. The van der Waals surface area contributed by atoms with Crippen molar-refractivity contribution in [1.82, 2.24) is 19.5 Å². The molecule has 3 rings (SSSR count). The third-order valence-electron chi connectivity index (χ3n) is 3.60. The van der Waals surface area contributed by atoms with Crippen molar-refractivity contribution in [3.05, 3.63) is 16.7 Å². The second kappa shape index (κ2) is 6.49. The van der Waals surface area contributed by atoms with Crippen molar-refractivity contribution in [1.29, 1.82) is 0 Å². The Hall–Kier alpha value is -2.80. The fraction of sp³-hybridized carbons (Fsp3) is 0.462. The van der Waals surface area contributed by atoms with E-state index >= 15 is 0 Å². The minimum atomic E-state index is -4.56. The zero-order valence-corrected chi connectivity index (χ0v) is 14.6. The zero-order valence-electron chi connectivity index (χ0n) is 13.8. The maximum absolute atomic E-state index is 12.1. The van der Waals surface area contributed by atoms with Crippen molar-refractivity contribution in [3.8, 4) is 0 Å². The number of fused-ring (bicyclic) bond motifs is 1. The highest BCUT2D eigenvalue weighted by Crippen LogP contribution is 2.27. The standard InChI is InChI=1S/C13H16N6O6S/c1-6(2)11(20)16-13-15-10-9(12(21)17-13)14-5-19(10)8-4-3-7(25-8)18-26(22,23)24/h5-6,8H,3-4H2,1-2H3,(H,22,23,24)(H2,15,16,17,20,21)/t8-/m1/s1. The number of amides is 1. The van der Waals surface area contributed by atoms with Gasteiger partial charge in [-0.1, -0.05) is 13.8 Å². The molecular formula is C13H16N6O6S. The molecule has 140 valence electrons. The smallest absolute Gasteiger partial charge is 0.381 e. The highest BCUT2D eigenvalue weighted by atomic mass is 32.2. The van der Waals surface area contributed by atoms with E-state index in [2.05, 4.69) is 24.7 Å². The highest BCUT2D eigenvalue weighted by molar-refractivity contribution is 7.84. The van der Waals surface area contributed by atoms with Crippen molar-refractivity contribution in [2.24, 2.45) is 10.3 Å². The molecule has 13 heteroatoms. The predicted octanol–water partition coefficient (Wildman–Crippen LogP) is 0.224. The number of imidazole rings is 1. The first-order valence-electron chi connectivity index (χ1n) is 7.64. The molecule has 0 unspecified atom stereocenters. The van der Waals surface area contributed by atoms with E-state index in [0.717, 1.165) is 0 Å². The van der Waals surface area contributed by atoms with Crippen LogP contribution in [0.1, 0.15) is 32.9 Å². The van der Waals surface area contributed by atoms with E-state index in [1.807, 2.05) is 0 Å². The maximum atomic E-state index is 12.1. The third-order valence-corrected chi connectivity index (χ3v) is 4.04. The Morgan fingerprint density at radius 2 is 2.27 bits per heavy atom. The lowest BCUT2D eigenvalue weighted by Crippen LogP contribution is -2.22. The Morgan fingerprint density at radius 3 is 2.92 bits per heavy atom. The number of carbonyl (C=O) groups is 1. The van der Waals surface area contributed by atoms with Crippen LogP contribution in [0.15, 0.2) is 15.5 Å². The summed E-state index contributed by atoms with van der Waals surface area (Å²) in [4.78, 5) is 34.5. The largest absolute Gasteiger partial charge is 0.456 e. The first kappa shape index (κ1) is 18.0. The quantitative estimate of drug-likeness (QED) is 0.629. The summed E-state index contributed by atoms with van der Waals surface area (Å²) >= 11 is 0. The van der Waals surface area contributed by atoms with Gasteiger partial charge in [0.15, 0.2) is 17.4 Å². The number of nitrogens with zero attached hydrogens (tertiary/aromatic N) is 4. The summed E-state index contributed by atoms with van der Waals surface area (Å²) in [6.45, 7) is 3.39. The lowest BCUT2D eigenvalue weighted by molar-refractivity contribution is -0.118. The zero-order chi connectivity index (χ0) is 19.1. The van der Waals surface area contributed by atoms with Crippen LogP contribution in [0.2, 0.25) is 0 Å². The fourth-order valence-electron chi connectivity index (χ4n) is 2.37. The summed E-state index contributed by atoms with van der Waals surface area (Å²) in [6, 6.07) is 0. The fourth-order valence-corrected chi connectivity index (χ4v) is 2.76. The molecule has 1 atom stereocenters. The maximum Gasteiger partial charge on any atom is 0.381 e. The molecule has 0 bridgehead atoms. The molecule has 1 saturated heterocycles. The van der Waals surface area contributed by atoms with Gasteiger partial charge in [0.25, 0.3) is 5.56 Å². The first-order valence-corrected chi connectivity index (χ1v) is 9.04. The van der Waals surface area contributed by atoms with Crippen molar-refractivity contribution in [2.45, 2.75) is 32.9 Å². The van der Waals surface area contributed by atoms with Gasteiger partial charge in [0.2, 0.25) is 17.8 Å². The summed E-state index contributed by atoms with van der Waals surface area (Å²) in [5.41, 5.74) is -0.347. The molecular weight excluding hydrogens is 368 g/mol. The summed E-state index contributed by atoms with van der Waals surface area (Å²) in [6.07, 6.45) is 1.12. The van der Waals surface area contributed by atoms with Crippen molar-refractivity contribution >= 4 is 39.2 Å². The van der Waals surface area contributed by atoms with Gasteiger partial charge >= 0.3 is 10.3 Å². The first-order chi connectivity index (χ1) is 12.1. The number of H-pyrrole nitrogens is 1. The van der Waals surface area contributed by atoms with Gasteiger partial charge in [-0.15, -0.1) is 4.40 Å². The topological polar surface area (TPSA) is 169 Å². The van der Waals surface area contributed by atoms with Gasteiger partial charge in [0.1, 0.15) is 6.33 Å². The predicted molar refractivity (Wildman–Crippen MR) is 90.0 cm³/mol. The monoisotopic (exact) mass is 384 g/mol. The van der Waals surface area contributed by atoms with E-state index in [9.17, 15) is 18.0 Å². The highest BCUT2D eigenvalue weighted by Gasteiger charge is 2.27. The summed E-state index contributed by atoms with van der Waals surface area (Å²) in [5.74, 6) is -0.818. The number of aromatic nitrogens is 4. The Balaban J connectivity index is 1.95. The minimum Gasteiger partial charge on any atom is -0.456 e. The Bertz CT molecular complexity index is 1050. The van der Waals surface area contributed by atoms with Crippen molar-refractivity contribution in [2.75, 3.05) is 5.32 Å². The number of nitrogens with one attached hydrogen (secondary N) is 2. The normalized spacial score (nSPS) is 19.2. The van der Waals surface area contributed by atoms with Crippen LogP contribution < -0.4 is 10.9 Å². The van der Waals surface area contributed by atoms with Crippen LogP contribution in [-0.4, -0.2) is 44.3 Å². The van der Waals surface area contributed by atoms with Gasteiger partial charge in [-0.2, -0.15) is 13.4 Å². The molecule has 1 aliphatic heterocycles. The second-order valence-electron chi connectivity index (χ2n) is 5.93. The van der Waals surface area contributed by atoms with Gasteiger partial charge in [0.05, 0.1) is 0 Å². The molecule has 2 aromatic heterocycles. The molecule has 3 heterocycles. The Morgan fingerprint density at radius 1 is 1.54 bits per heavy atom. The number of anilines is 1.